The van der Waals surface area contributed by atoms with Gasteiger partial charge in [0.15, 0.2) is 0 Å². The van der Waals surface area contributed by atoms with E-state index in [0.717, 1.165) is 45.6 Å². The van der Waals surface area contributed by atoms with Gasteiger partial charge in [0.2, 0.25) is 5.91 Å². The van der Waals surface area contributed by atoms with Crippen molar-refractivity contribution in [1.29, 1.82) is 0 Å². The summed E-state index contributed by atoms with van der Waals surface area (Å²) < 4.78 is 2.00. The van der Waals surface area contributed by atoms with Crippen LogP contribution in [0.15, 0.2) is 18.7 Å². The highest BCUT2D eigenvalue weighted by Gasteiger charge is 2.47. The van der Waals surface area contributed by atoms with Crippen LogP contribution < -0.4 is 5.32 Å². The molecule has 1 aromatic heterocycles. The van der Waals surface area contributed by atoms with Gasteiger partial charge in [-0.2, -0.15) is 0 Å². The molecule has 6 nitrogen and oxygen atoms in total. The van der Waals surface area contributed by atoms with Gasteiger partial charge in [0, 0.05) is 32.0 Å². The number of nitrogens with zero attached hydrogens (tertiary/aromatic N) is 4. The molecule has 0 bridgehead atoms. The maximum Gasteiger partial charge on any atom is 0.237 e. The van der Waals surface area contributed by atoms with Crippen molar-refractivity contribution >= 4 is 5.91 Å². The van der Waals surface area contributed by atoms with Crippen LogP contribution in [0.1, 0.15) is 32.6 Å². The van der Waals surface area contributed by atoms with Crippen molar-refractivity contribution in [2.75, 3.05) is 39.8 Å². The summed E-state index contributed by atoms with van der Waals surface area (Å²) in [7, 11) is 2.20. The van der Waals surface area contributed by atoms with Gasteiger partial charge in [-0.25, -0.2) is 4.98 Å². The second-order valence-corrected chi connectivity index (χ2v) is 7.59. The van der Waals surface area contributed by atoms with E-state index >= 15 is 0 Å². The predicted octanol–water partition coefficient (Wildman–Crippen LogP) is 1.20. The third-order valence-corrected chi connectivity index (χ3v) is 5.70. The summed E-state index contributed by atoms with van der Waals surface area (Å²) in [4.78, 5) is 21.6. The average molecular weight is 333 g/mol. The normalized spacial score (nSPS) is 24.5. The van der Waals surface area contributed by atoms with Gasteiger partial charge in [-0.1, -0.05) is 6.92 Å². The molecule has 1 amide bonds. The van der Waals surface area contributed by atoms with Crippen LogP contribution in [0.3, 0.4) is 0 Å². The molecule has 3 rings (SSSR count). The molecule has 2 saturated heterocycles. The minimum absolute atomic E-state index is 0.0520. The number of piperidine rings is 1. The number of carbonyl (C=O) groups excluding carboxylic acids is 1. The van der Waals surface area contributed by atoms with Crippen LogP contribution in [0.5, 0.6) is 0 Å². The van der Waals surface area contributed by atoms with Crippen LogP contribution in [-0.4, -0.2) is 71.1 Å². The minimum atomic E-state index is 0.0520. The zero-order valence-electron chi connectivity index (χ0n) is 15.1. The molecule has 6 heteroatoms. The smallest absolute Gasteiger partial charge is 0.237 e. The number of aromatic nitrogens is 2. The Labute approximate surface area is 145 Å². The highest BCUT2D eigenvalue weighted by Crippen LogP contribution is 2.43. The topological polar surface area (TPSA) is 53.4 Å². The number of rotatable bonds is 6. The van der Waals surface area contributed by atoms with Crippen molar-refractivity contribution in [2.45, 2.75) is 45.2 Å². The van der Waals surface area contributed by atoms with Crippen molar-refractivity contribution in [3.8, 4) is 0 Å². The number of hydrogen-bond donors (Lipinski definition) is 1. The lowest BCUT2D eigenvalue weighted by Crippen LogP contribution is -2.44. The molecule has 134 valence electrons. The second kappa shape index (κ2) is 7.66. The van der Waals surface area contributed by atoms with Crippen molar-refractivity contribution in [3.63, 3.8) is 0 Å². The fourth-order valence-electron chi connectivity index (χ4n) is 4.23. The van der Waals surface area contributed by atoms with E-state index in [2.05, 4.69) is 34.1 Å². The Balaban J connectivity index is 1.56. The maximum absolute atomic E-state index is 12.8. The highest BCUT2D eigenvalue weighted by molar-refractivity contribution is 5.82. The van der Waals surface area contributed by atoms with E-state index in [4.69, 9.17) is 0 Å². The Kier molecular flexibility index (Phi) is 5.56. The fraction of sp³-hybridized carbons (Fsp3) is 0.778. The van der Waals surface area contributed by atoms with Crippen LogP contribution in [0.25, 0.3) is 0 Å². The molecular formula is C18H31N5O. The average Bonchev–Trinajstić information content (AvgIpc) is 3.20. The Morgan fingerprint density at radius 1 is 1.33 bits per heavy atom. The van der Waals surface area contributed by atoms with Crippen molar-refractivity contribution < 1.29 is 4.79 Å². The van der Waals surface area contributed by atoms with Gasteiger partial charge in [0.1, 0.15) is 0 Å². The van der Waals surface area contributed by atoms with Crippen LogP contribution in [0.2, 0.25) is 0 Å². The zero-order chi connectivity index (χ0) is 17.0. The lowest BCUT2D eigenvalue weighted by molar-refractivity contribution is -0.125. The van der Waals surface area contributed by atoms with E-state index in [-0.39, 0.29) is 11.9 Å². The number of carbonyl (C=O) groups is 1. The van der Waals surface area contributed by atoms with Crippen LogP contribution in [-0.2, 0) is 11.3 Å². The lowest BCUT2D eigenvalue weighted by atomic mass is 9.76. The Morgan fingerprint density at radius 2 is 2.12 bits per heavy atom. The first-order valence-electron chi connectivity index (χ1n) is 9.28. The number of amides is 1. The molecule has 1 unspecified atom stereocenters. The largest absolute Gasteiger partial charge is 0.353 e. The molecule has 0 aromatic carbocycles. The van der Waals surface area contributed by atoms with Gasteiger partial charge in [-0.05, 0) is 57.8 Å². The molecule has 1 atom stereocenters. The monoisotopic (exact) mass is 333 g/mol. The van der Waals surface area contributed by atoms with E-state index in [1.807, 2.05) is 10.8 Å². The molecular weight excluding hydrogens is 302 g/mol. The molecule has 0 aliphatic carbocycles. The maximum atomic E-state index is 12.8. The minimum Gasteiger partial charge on any atom is -0.353 e. The molecule has 1 N–H and O–H groups in total. The molecule has 2 aliphatic rings. The SMILES string of the molecule is CCCN1CC2(CCN(C)CC2)CC1C(=O)NCCn1ccnc1. The Bertz CT molecular complexity index is 522. The highest BCUT2D eigenvalue weighted by atomic mass is 16.2. The first-order valence-corrected chi connectivity index (χ1v) is 9.28. The summed E-state index contributed by atoms with van der Waals surface area (Å²) in [5.41, 5.74) is 0.355. The second-order valence-electron chi connectivity index (χ2n) is 7.59. The summed E-state index contributed by atoms with van der Waals surface area (Å²) in [6.45, 7) is 8.09. The third-order valence-electron chi connectivity index (χ3n) is 5.70. The fourth-order valence-corrected chi connectivity index (χ4v) is 4.23. The van der Waals surface area contributed by atoms with Gasteiger partial charge >= 0.3 is 0 Å². The third kappa shape index (κ3) is 3.98. The summed E-state index contributed by atoms with van der Waals surface area (Å²) in [6, 6.07) is 0.0520. The van der Waals surface area contributed by atoms with Crippen molar-refractivity contribution in [3.05, 3.63) is 18.7 Å². The number of imidazole rings is 1. The van der Waals surface area contributed by atoms with Gasteiger partial charge in [0.05, 0.1) is 12.4 Å². The van der Waals surface area contributed by atoms with Crippen LogP contribution in [0.4, 0.5) is 0 Å². The molecule has 1 spiro atoms. The predicted molar refractivity (Wildman–Crippen MR) is 94.7 cm³/mol. The van der Waals surface area contributed by atoms with Gasteiger partial charge in [0.25, 0.3) is 0 Å². The van der Waals surface area contributed by atoms with E-state index in [9.17, 15) is 4.79 Å². The lowest BCUT2D eigenvalue weighted by Gasteiger charge is -2.37. The van der Waals surface area contributed by atoms with Crippen molar-refractivity contribution in [2.24, 2.45) is 5.41 Å². The van der Waals surface area contributed by atoms with Gasteiger partial charge < -0.3 is 14.8 Å². The molecule has 2 aliphatic heterocycles. The molecule has 24 heavy (non-hydrogen) atoms. The quantitative estimate of drug-likeness (QED) is 0.850. The van der Waals surface area contributed by atoms with E-state index < -0.39 is 0 Å². The Morgan fingerprint density at radius 3 is 2.79 bits per heavy atom. The first-order chi connectivity index (χ1) is 11.6. The Hall–Kier alpha value is -1.40. The molecule has 0 radical (unpaired) electrons. The molecule has 0 saturated carbocycles. The van der Waals surface area contributed by atoms with E-state index in [1.54, 1.807) is 12.5 Å². The van der Waals surface area contributed by atoms with Crippen LogP contribution in [0, 0.1) is 5.41 Å². The standard InChI is InChI=1S/C18H31N5O/c1-3-8-23-14-18(4-9-21(2)10-5-18)13-16(23)17(24)20-7-12-22-11-6-19-15-22/h6,11,15-16H,3-5,7-10,12-14H2,1-2H3,(H,20,24). The summed E-state index contributed by atoms with van der Waals surface area (Å²) in [5.74, 6) is 0.208. The zero-order valence-corrected chi connectivity index (χ0v) is 15.1. The van der Waals surface area contributed by atoms with Gasteiger partial charge in [-0.15, -0.1) is 0 Å². The van der Waals surface area contributed by atoms with Crippen LogP contribution >= 0.6 is 0 Å². The number of hydrogen-bond acceptors (Lipinski definition) is 4. The number of nitrogens with one attached hydrogen (secondary N) is 1. The van der Waals surface area contributed by atoms with Crippen molar-refractivity contribution in [1.82, 2.24) is 24.7 Å². The molecule has 1 aromatic rings. The number of likely N-dealkylation sites (tertiary alicyclic amines) is 2. The van der Waals surface area contributed by atoms with E-state index in [0.29, 0.717) is 12.0 Å². The summed E-state index contributed by atoms with van der Waals surface area (Å²) in [5, 5.41) is 3.14. The van der Waals surface area contributed by atoms with E-state index in [1.165, 1.54) is 12.8 Å². The first kappa shape index (κ1) is 17.4. The van der Waals surface area contributed by atoms with Gasteiger partial charge in [-0.3, -0.25) is 9.69 Å². The molecule has 2 fully saturated rings. The summed E-state index contributed by atoms with van der Waals surface area (Å²) in [6.07, 6.45) is 10.1. The molecule has 3 heterocycles. The summed E-state index contributed by atoms with van der Waals surface area (Å²) >= 11 is 0.